The fourth-order valence-electron chi connectivity index (χ4n) is 2.24. The Morgan fingerprint density at radius 3 is 2.38 bits per heavy atom. The summed E-state index contributed by atoms with van der Waals surface area (Å²) in [4.78, 5) is 4.23. The number of pyridine rings is 1. The summed E-state index contributed by atoms with van der Waals surface area (Å²) in [5.41, 5.74) is 9.40. The first-order valence-electron chi connectivity index (χ1n) is 7.32. The number of benzene rings is 2. The Bertz CT molecular complexity index is 871. The first-order valence-corrected chi connectivity index (χ1v) is 8.07. The Kier molecular flexibility index (Phi) is 5.04. The molecule has 0 aliphatic rings. The van der Waals surface area contributed by atoms with Gasteiger partial charge in [-0.2, -0.15) is 0 Å². The lowest BCUT2D eigenvalue weighted by atomic mass is 10.1. The van der Waals surface area contributed by atoms with Crippen molar-refractivity contribution < 1.29 is 0 Å². The van der Waals surface area contributed by atoms with Gasteiger partial charge in [-0.3, -0.25) is 0 Å². The minimum Gasteiger partial charge on any atom is -0.396 e. The average Bonchev–Trinajstić information content (AvgIpc) is 2.55. The topological polar surface area (TPSA) is 50.9 Å². The van der Waals surface area contributed by atoms with E-state index in [0.29, 0.717) is 21.6 Å². The summed E-state index contributed by atoms with van der Waals surface area (Å²) < 4.78 is 0. The molecule has 0 aliphatic heterocycles. The number of halogens is 2. The molecule has 3 aromatic rings. The molecule has 0 fully saturated rings. The van der Waals surface area contributed by atoms with Crippen LogP contribution in [0, 0.1) is 0 Å². The number of hydrogen-bond donors (Lipinski definition) is 2. The van der Waals surface area contributed by atoms with E-state index in [1.807, 2.05) is 54.6 Å². The Labute approximate surface area is 150 Å². The van der Waals surface area contributed by atoms with Crippen molar-refractivity contribution in [3.8, 4) is 0 Å². The van der Waals surface area contributed by atoms with E-state index in [9.17, 15) is 0 Å². The van der Waals surface area contributed by atoms with E-state index in [2.05, 4.69) is 10.3 Å². The fraction of sp³-hybridized carbons (Fsp3) is 0. The molecule has 0 aliphatic carbocycles. The minimum atomic E-state index is 0.604. The van der Waals surface area contributed by atoms with E-state index >= 15 is 0 Å². The molecule has 120 valence electrons. The van der Waals surface area contributed by atoms with Crippen LogP contribution in [0.25, 0.3) is 12.2 Å². The van der Waals surface area contributed by atoms with Gasteiger partial charge in [0, 0.05) is 21.9 Å². The van der Waals surface area contributed by atoms with Crippen LogP contribution in [0.5, 0.6) is 0 Å². The van der Waals surface area contributed by atoms with Gasteiger partial charge in [-0.15, -0.1) is 0 Å². The summed E-state index contributed by atoms with van der Waals surface area (Å²) in [5.74, 6) is 0.639. The molecule has 0 spiro atoms. The van der Waals surface area contributed by atoms with Gasteiger partial charge >= 0.3 is 0 Å². The summed E-state index contributed by atoms with van der Waals surface area (Å²) in [6.45, 7) is 0. The van der Waals surface area contributed by atoms with Crippen molar-refractivity contribution in [3.63, 3.8) is 0 Å². The van der Waals surface area contributed by atoms with Crippen LogP contribution in [-0.4, -0.2) is 4.98 Å². The number of nitrogens with two attached hydrogens (primary N) is 1. The lowest BCUT2D eigenvalue weighted by Crippen LogP contribution is -1.98. The van der Waals surface area contributed by atoms with E-state index in [1.165, 1.54) is 0 Å². The van der Waals surface area contributed by atoms with Crippen LogP contribution in [0.2, 0.25) is 10.0 Å². The van der Waals surface area contributed by atoms with Crippen molar-refractivity contribution in [2.45, 2.75) is 0 Å². The molecular formula is C19H15Cl2N3. The van der Waals surface area contributed by atoms with Gasteiger partial charge in [0.1, 0.15) is 0 Å². The first-order chi connectivity index (χ1) is 11.6. The van der Waals surface area contributed by atoms with E-state index in [4.69, 9.17) is 28.9 Å². The van der Waals surface area contributed by atoms with E-state index in [-0.39, 0.29) is 0 Å². The third-order valence-corrected chi connectivity index (χ3v) is 3.78. The quantitative estimate of drug-likeness (QED) is 0.574. The van der Waals surface area contributed by atoms with Crippen molar-refractivity contribution in [1.82, 2.24) is 4.98 Å². The molecule has 3 N–H and O–H groups in total. The van der Waals surface area contributed by atoms with Crippen LogP contribution in [0.15, 0.2) is 60.8 Å². The van der Waals surface area contributed by atoms with Crippen molar-refractivity contribution in [2.75, 3.05) is 11.1 Å². The lowest BCUT2D eigenvalue weighted by molar-refractivity contribution is 1.31. The molecule has 5 heteroatoms. The molecule has 0 amide bonds. The molecule has 0 bridgehead atoms. The molecule has 1 heterocycles. The maximum Gasteiger partial charge on any atom is 0.153 e. The Hall–Kier alpha value is -2.49. The van der Waals surface area contributed by atoms with Crippen molar-refractivity contribution in [1.29, 1.82) is 0 Å². The number of nitrogen functional groups attached to an aromatic ring is 1. The molecule has 0 atom stereocenters. The normalized spacial score (nSPS) is 10.9. The summed E-state index contributed by atoms with van der Waals surface area (Å²) in [5, 5.41) is 4.44. The van der Waals surface area contributed by atoms with Crippen molar-refractivity contribution >= 4 is 52.5 Å². The predicted molar refractivity (Wildman–Crippen MR) is 104 cm³/mol. The third-order valence-electron chi connectivity index (χ3n) is 3.34. The number of nitrogens with zero attached hydrogens (tertiary/aromatic N) is 1. The second-order valence-corrected chi connectivity index (χ2v) is 6.10. The summed E-state index contributed by atoms with van der Waals surface area (Å²) in [6.07, 6.45) is 5.66. The fourth-order valence-corrected chi connectivity index (χ4v) is 2.79. The van der Waals surface area contributed by atoms with Crippen LogP contribution in [0.4, 0.5) is 17.2 Å². The highest BCUT2D eigenvalue weighted by atomic mass is 35.5. The molecule has 2 aromatic carbocycles. The van der Waals surface area contributed by atoms with Gasteiger partial charge in [-0.05, 0) is 53.6 Å². The second-order valence-electron chi connectivity index (χ2n) is 5.23. The van der Waals surface area contributed by atoms with Crippen LogP contribution in [-0.2, 0) is 0 Å². The highest BCUT2D eigenvalue weighted by Gasteiger charge is 2.00. The maximum atomic E-state index is 6.02. The van der Waals surface area contributed by atoms with E-state index < -0.39 is 0 Å². The van der Waals surface area contributed by atoms with Gasteiger partial charge in [0.25, 0.3) is 0 Å². The molecule has 0 unspecified atom stereocenters. The number of nitrogens with one attached hydrogen (secondary N) is 1. The van der Waals surface area contributed by atoms with E-state index in [0.717, 1.165) is 16.8 Å². The largest absolute Gasteiger partial charge is 0.396 e. The Balaban J connectivity index is 1.80. The second kappa shape index (κ2) is 7.39. The lowest BCUT2D eigenvalue weighted by Gasteiger charge is -2.08. The molecule has 0 saturated heterocycles. The van der Waals surface area contributed by atoms with Crippen LogP contribution < -0.4 is 11.1 Å². The van der Waals surface area contributed by atoms with E-state index in [1.54, 1.807) is 18.3 Å². The number of aromatic nitrogens is 1. The summed E-state index contributed by atoms with van der Waals surface area (Å²) in [7, 11) is 0. The first kappa shape index (κ1) is 16.4. The number of hydrogen-bond acceptors (Lipinski definition) is 3. The Morgan fingerprint density at radius 1 is 0.875 bits per heavy atom. The van der Waals surface area contributed by atoms with Crippen molar-refractivity contribution in [2.24, 2.45) is 0 Å². The maximum absolute atomic E-state index is 6.02. The molecule has 3 nitrogen and oxygen atoms in total. The summed E-state index contributed by atoms with van der Waals surface area (Å²) in [6, 6.07) is 17.0. The summed E-state index contributed by atoms with van der Waals surface area (Å²) >= 11 is 12.0. The van der Waals surface area contributed by atoms with Crippen LogP contribution in [0.1, 0.15) is 11.1 Å². The van der Waals surface area contributed by atoms with Crippen molar-refractivity contribution in [3.05, 3.63) is 82.0 Å². The minimum absolute atomic E-state index is 0.604. The molecule has 24 heavy (non-hydrogen) atoms. The monoisotopic (exact) mass is 355 g/mol. The van der Waals surface area contributed by atoms with Gasteiger partial charge in [-0.1, -0.05) is 47.5 Å². The molecule has 3 rings (SSSR count). The highest BCUT2D eigenvalue weighted by molar-refractivity contribution is 6.34. The van der Waals surface area contributed by atoms with Gasteiger partial charge in [0.2, 0.25) is 0 Å². The molecule has 1 aromatic heterocycles. The smallest absolute Gasteiger partial charge is 0.153 e. The van der Waals surface area contributed by atoms with Gasteiger partial charge in [-0.25, -0.2) is 4.98 Å². The zero-order chi connectivity index (χ0) is 16.9. The van der Waals surface area contributed by atoms with Gasteiger partial charge in [0.05, 0.1) is 5.69 Å². The Morgan fingerprint density at radius 2 is 1.62 bits per heavy atom. The van der Waals surface area contributed by atoms with Crippen LogP contribution in [0.3, 0.4) is 0 Å². The SMILES string of the molecule is Nc1cccnc1Nc1cccc(/C=C/c2cc(Cl)cc(Cl)c2)c1. The third kappa shape index (κ3) is 4.28. The molecule has 0 saturated carbocycles. The zero-order valence-electron chi connectivity index (χ0n) is 12.7. The zero-order valence-corrected chi connectivity index (χ0v) is 14.2. The average molecular weight is 356 g/mol. The predicted octanol–water partition coefficient (Wildman–Crippen LogP) is 5.88. The highest BCUT2D eigenvalue weighted by Crippen LogP contribution is 2.23. The number of anilines is 3. The van der Waals surface area contributed by atoms with Gasteiger partial charge in [0.15, 0.2) is 5.82 Å². The standard InChI is InChI=1S/C19H15Cl2N3/c20-15-9-14(10-16(21)12-15)7-6-13-3-1-4-17(11-13)24-19-18(22)5-2-8-23-19/h1-12H,22H2,(H,23,24)/b7-6+. The molecule has 0 radical (unpaired) electrons. The van der Waals surface area contributed by atoms with Crippen LogP contribution >= 0.6 is 23.2 Å². The molecular weight excluding hydrogens is 341 g/mol. The number of rotatable bonds is 4. The van der Waals surface area contributed by atoms with Gasteiger partial charge < -0.3 is 11.1 Å².